The first-order valence-electron chi connectivity index (χ1n) is 6.19. The molecule has 1 aromatic rings. The van der Waals surface area contributed by atoms with E-state index in [9.17, 15) is 4.79 Å². The molecule has 0 radical (unpaired) electrons. The highest BCUT2D eigenvalue weighted by molar-refractivity contribution is 9.13. The second kappa shape index (κ2) is 7.76. The van der Waals surface area contributed by atoms with Crippen LogP contribution in [0.25, 0.3) is 0 Å². The van der Waals surface area contributed by atoms with Crippen LogP contribution in [0.5, 0.6) is 0 Å². The van der Waals surface area contributed by atoms with E-state index in [0.29, 0.717) is 12.5 Å². The lowest BCUT2D eigenvalue weighted by atomic mass is 10.0. The van der Waals surface area contributed by atoms with Gasteiger partial charge in [0.15, 0.2) is 0 Å². The van der Waals surface area contributed by atoms with Crippen molar-refractivity contribution >= 4 is 49.1 Å². The normalized spacial score (nSPS) is 12.8. The number of rotatable bonds is 6. The highest BCUT2D eigenvalue weighted by Crippen LogP contribution is 2.32. The van der Waals surface area contributed by atoms with Gasteiger partial charge in [-0.05, 0) is 50.3 Å². The molecule has 0 aliphatic heterocycles. The van der Waals surface area contributed by atoms with Crippen LogP contribution in [0.1, 0.15) is 25.1 Å². The molecule has 3 nitrogen and oxygen atoms in total. The molecule has 0 bridgehead atoms. The van der Waals surface area contributed by atoms with Gasteiger partial charge in [0.05, 0.1) is 9.83 Å². The van der Waals surface area contributed by atoms with Crippen LogP contribution >= 0.6 is 43.2 Å². The summed E-state index contributed by atoms with van der Waals surface area (Å²) in [6, 6.07) is 1.96. The molecule has 19 heavy (non-hydrogen) atoms. The molecule has 1 unspecified atom stereocenters. The van der Waals surface area contributed by atoms with Crippen molar-refractivity contribution in [1.82, 2.24) is 10.2 Å². The van der Waals surface area contributed by atoms with Crippen molar-refractivity contribution in [3.05, 3.63) is 19.2 Å². The van der Waals surface area contributed by atoms with Gasteiger partial charge in [-0.1, -0.05) is 13.8 Å². The zero-order valence-electron chi connectivity index (χ0n) is 11.7. The lowest BCUT2D eigenvalue weighted by Gasteiger charge is -2.23. The van der Waals surface area contributed by atoms with Crippen LogP contribution in [0.15, 0.2) is 14.3 Å². The molecule has 0 spiro atoms. The maximum absolute atomic E-state index is 12.1. The molecule has 1 atom stereocenters. The Kier molecular flexibility index (Phi) is 7.00. The smallest absolute Gasteiger partial charge is 0.239 e. The molecule has 6 heteroatoms. The maximum Gasteiger partial charge on any atom is 0.239 e. The van der Waals surface area contributed by atoms with E-state index < -0.39 is 0 Å². The minimum absolute atomic E-state index is 0.116. The zero-order chi connectivity index (χ0) is 14.6. The molecule has 1 amide bonds. The number of carbonyl (C=O) groups excluding carboxylic acids is 1. The molecule has 0 aromatic carbocycles. The van der Waals surface area contributed by atoms with E-state index in [2.05, 4.69) is 57.1 Å². The van der Waals surface area contributed by atoms with Gasteiger partial charge in [0.2, 0.25) is 5.91 Å². The summed E-state index contributed by atoms with van der Waals surface area (Å²) in [4.78, 5) is 15.0. The van der Waals surface area contributed by atoms with Gasteiger partial charge in [0.25, 0.3) is 0 Å². The SMILES string of the molecule is CC(C)CC(NCc1cc(Br)c(Br)s1)C(=O)N(C)C. The largest absolute Gasteiger partial charge is 0.347 e. The van der Waals surface area contributed by atoms with Gasteiger partial charge in [-0.2, -0.15) is 0 Å². The molecule has 0 aliphatic carbocycles. The number of halogens is 2. The van der Waals surface area contributed by atoms with Gasteiger partial charge < -0.3 is 10.2 Å². The highest BCUT2D eigenvalue weighted by Gasteiger charge is 2.21. The summed E-state index contributed by atoms with van der Waals surface area (Å²) in [5.41, 5.74) is 0. The molecule has 1 rings (SSSR count). The molecular formula is C13H20Br2N2OS. The Balaban J connectivity index is 2.64. The number of thiophene rings is 1. The third-order valence-corrected chi connectivity index (χ3v) is 5.92. The summed E-state index contributed by atoms with van der Waals surface area (Å²) in [5.74, 6) is 0.631. The van der Waals surface area contributed by atoms with Crippen LogP contribution in [0.3, 0.4) is 0 Å². The lowest BCUT2D eigenvalue weighted by molar-refractivity contribution is -0.131. The summed E-state index contributed by atoms with van der Waals surface area (Å²) in [6.45, 7) is 4.98. The van der Waals surface area contributed by atoms with E-state index in [1.807, 2.05) is 0 Å². The summed E-state index contributed by atoms with van der Waals surface area (Å²) in [7, 11) is 3.60. The van der Waals surface area contributed by atoms with E-state index in [1.165, 1.54) is 4.88 Å². The van der Waals surface area contributed by atoms with Crippen molar-refractivity contribution in [2.45, 2.75) is 32.9 Å². The third kappa shape index (κ3) is 5.53. The number of likely N-dealkylation sites (N-methyl/N-ethyl adjacent to an activating group) is 1. The Morgan fingerprint density at radius 2 is 2.05 bits per heavy atom. The summed E-state index contributed by atoms with van der Waals surface area (Å²) >= 11 is 8.64. The van der Waals surface area contributed by atoms with Crippen molar-refractivity contribution in [2.24, 2.45) is 5.92 Å². The van der Waals surface area contributed by atoms with Gasteiger partial charge in [-0.3, -0.25) is 4.79 Å². The van der Waals surface area contributed by atoms with Crippen LogP contribution in [0.2, 0.25) is 0 Å². The van der Waals surface area contributed by atoms with E-state index in [4.69, 9.17) is 0 Å². The van der Waals surface area contributed by atoms with Gasteiger partial charge >= 0.3 is 0 Å². The summed E-state index contributed by atoms with van der Waals surface area (Å²) < 4.78 is 2.15. The molecule has 1 N–H and O–H groups in total. The fraction of sp³-hybridized carbons (Fsp3) is 0.615. The van der Waals surface area contributed by atoms with E-state index >= 15 is 0 Å². The number of carbonyl (C=O) groups is 1. The van der Waals surface area contributed by atoms with Gasteiger partial charge in [0.1, 0.15) is 0 Å². The minimum Gasteiger partial charge on any atom is -0.347 e. The minimum atomic E-state index is -0.116. The van der Waals surface area contributed by atoms with Gasteiger partial charge in [-0.15, -0.1) is 11.3 Å². The second-order valence-corrected chi connectivity index (χ2v) is 8.44. The molecule has 0 fully saturated rings. The van der Waals surface area contributed by atoms with Crippen LogP contribution in [0.4, 0.5) is 0 Å². The van der Waals surface area contributed by atoms with Crippen LogP contribution in [0, 0.1) is 5.92 Å². The number of amides is 1. The van der Waals surface area contributed by atoms with Gasteiger partial charge in [0, 0.05) is 30.0 Å². The summed E-state index contributed by atoms with van der Waals surface area (Å²) in [5, 5.41) is 3.37. The molecule has 0 saturated carbocycles. The third-order valence-electron chi connectivity index (χ3n) is 2.66. The maximum atomic E-state index is 12.1. The van der Waals surface area contributed by atoms with E-state index in [0.717, 1.165) is 14.7 Å². The predicted octanol–water partition coefficient (Wildman–Crippen LogP) is 3.87. The Morgan fingerprint density at radius 3 is 2.47 bits per heavy atom. The molecule has 0 aliphatic rings. The number of hydrogen-bond acceptors (Lipinski definition) is 3. The Hall–Kier alpha value is 0.0900. The van der Waals surface area contributed by atoms with E-state index in [-0.39, 0.29) is 11.9 Å². The molecule has 1 heterocycles. The van der Waals surface area contributed by atoms with E-state index in [1.54, 1.807) is 30.3 Å². The fourth-order valence-electron chi connectivity index (χ4n) is 1.76. The first kappa shape index (κ1) is 17.1. The topological polar surface area (TPSA) is 32.3 Å². The first-order valence-corrected chi connectivity index (χ1v) is 8.59. The Bertz CT molecular complexity index is 413. The van der Waals surface area contributed by atoms with Crippen molar-refractivity contribution in [1.29, 1.82) is 0 Å². The predicted molar refractivity (Wildman–Crippen MR) is 88.5 cm³/mol. The van der Waals surface area contributed by atoms with Crippen LogP contribution < -0.4 is 5.32 Å². The Morgan fingerprint density at radius 1 is 1.42 bits per heavy atom. The fourth-order valence-corrected chi connectivity index (χ4v) is 3.88. The molecule has 0 saturated heterocycles. The number of nitrogens with zero attached hydrogens (tertiary/aromatic N) is 1. The second-order valence-electron chi connectivity index (χ2n) is 5.13. The molecular weight excluding hydrogens is 392 g/mol. The van der Waals surface area contributed by atoms with Gasteiger partial charge in [-0.25, -0.2) is 0 Å². The standard InChI is InChI=1S/C13H20Br2N2OS/c1-8(2)5-11(13(18)17(3)4)16-7-9-6-10(14)12(15)19-9/h6,8,11,16H,5,7H2,1-4H3. The van der Waals surface area contributed by atoms with Crippen molar-refractivity contribution in [3.63, 3.8) is 0 Å². The summed E-state index contributed by atoms with van der Waals surface area (Å²) in [6.07, 6.45) is 0.852. The Labute approximate surface area is 136 Å². The lowest BCUT2D eigenvalue weighted by Crippen LogP contribution is -2.44. The van der Waals surface area contributed by atoms with Crippen LogP contribution in [-0.2, 0) is 11.3 Å². The average Bonchev–Trinajstić information content (AvgIpc) is 2.62. The molecule has 1 aromatic heterocycles. The highest BCUT2D eigenvalue weighted by atomic mass is 79.9. The molecule has 108 valence electrons. The van der Waals surface area contributed by atoms with Crippen molar-refractivity contribution in [2.75, 3.05) is 14.1 Å². The quantitative estimate of drug-likeness (QED) is 0.770. The average molecular weight is 412 g/mol. The first-order chi connectivity index (χ1) is 8.81. The van der Waals surface area contributed by atoms with Crippen molar-refractivity contribution < 1.29 is 4.79 Å². The number of nitrogens with one attached hydrogen (secondary N) is 1. The zero-order valence-corrected chi connectivity index (χ0v) is 15.7. The monoisotopic (exact) mass is 410 g/mol. The number of hydrogen-bond donors (Lipinski definition) is 1. The van der Waals surface area contributed by atoms with Crippen molar-refractivity contribution in [3.8, 4) is 0 Å². The van der Waals surface area contributed by atoms with Crippen LogP contribution in [-0.4, -0.2) is 30.9 Å².